The highest BCUT2D eigenvalue weighted by atomic mass is 16.5. The lowest BCUT2D eigenvalue weighted by Crippen LogP contribution is -1.99. The second-order valence-corrected chi connectivity index (χ2v) is 12.8. The lowest BCUT2D eigenvalue weighted by atomic mass is 9.89. The van der Waals surface area contributed by atoms with Crippen LogP contribution >= 0.6 is 0 Å². The number of rotatable bonds is 3. The quantitative estimate of drug-likeness (QED) is 0.189. The molecule has 0 aliphatic carbocycles. The highest BCUT2D eigenvalue weighted by Gasteiger charge is 2.25. The number of ether oxygens (including phenoxy) is 2. The maximum atomic E-state index is 7.05. The zero-order valence-corrected chi connectivity index (χ0v) is 27.7. The molecule has 9 aromatic rings. The molecule has 0 N–H and O–H groups in total. The summed E-state index contributed by atoms with van der Waals surface area (Å²) < 4.78 is 16.4. The van der Waals surface area contributed by atoms with Gasteiger partial charge in [-0.1, -0.05) is 133 Å². The lowest BCUT2D eigenvalue weighted by molar-refractivity contribution is 0.472. The fourth-order valence-electron chi connectivity index (χ4n) is 7.64. The molecule has 0 saturated carbocycles. The Balaban J connectivity index is 1.31. The van der Waals surface area contributed by atoms with E-state index in [1.54, 1.807) is 0 Å². The molecule has 3 nitrogen and oxygen atoms in total. The topological polar surface area (TPSA) is 23.4 Å². The van der Waals surface area contributed by atoms with Crippen LogP contribution in [0.5, 0.6) is 23.0 Å². The number of benzene rings is 8. The molecule has 0 atom stereocenters. The predicted molar refractivity (Wildman–Crippen MR) is 209 cm³/mol. The van der Waals surface area contributed by atoms with E-state index in [1.807, 2.05) is 36.4 Å². The average molecular weight is 654 g/mol. The summed E-state index contributed by atoms with van der Waals surface area (Å²) in [5, 5.41) is 2.38. The molecule has 2 heterocycles. The summed E-state index contributed by atoms with van der Waals surface area (Å²) in [7, 11) is 0. The summed E-state index contributed by atoms with van der Waals surface area (Å²) in [6.45, 7) is 0. The van der Waals surface area contributed by atoms with Crippen molar-refractivity contribution < 1.29 is 9.47 Å². The molecule has 1 aromatic heterocycles. The van der Waals surface area contributed by atoms with Crippen LogP contribution in [0.3, 0.4) is 0 Å². The van der Waals surface area contributed by atoms with E-state index in [4.69, 9.17) is 9.47 Å². The van der Waals surface area contributed by atoms with E-state index in [9.17, 15) is 0 Å². The number of hydrogen-bond donors (Lipinski definition) is 0. The fourth-order valence-corrected chi connectivity index (χ4v) is 7.64. The summed E-state index contributed by atoms with van der Waals surface area (Å²) in [5.41, 5.74) is 11.7. The molecule has 8 aromatic carbocycles. The van der Waals surface area contributed by atoms with Gasteiger partial charge in [0, 0.05) is 38.7 Å². The summed E-state index contributed by atoms with van der Waals surface area (Å²) >= 11 is 0. The fraction of sp³-hybridized carbons (Fsp3) is 0. The van der Waals surface area contributed by atoms with E-state index in [-0.39, 0.29) is 0 Å². The van der Waals surface area contributed by atoms with Crippen LogP contribution in [-0.2, 0) is 0 Å². The minimum Gasteiger partial charge on any atom is -0.456 e. The van der Waals surface area contributed by atoms with Gasteiger partial charge in [0.05, 0.1) is 11.0 Å². The average Bonchev–Trinajstić information content (AvgIpc) is 3.54. The Morgan fingerprint density at radius 1 is 0.333 bits per heavy atom. The highest BCUT2D eigenvalue weighted by Crippen LogP contribution is 2.52. The summed E-state index contributed by atoms with van der Waals surface area (Å²) in [5.74, 6) is 3.07. The summed E-state index contributed by atoms with van der Waals surface area (Å²) in [6.07, 6.45) is 0. The normalized spacial score (nSPS) is 11.8. The van der Waals surface area contributed by atoms with Crippen LogP contribution in [0.4, 0.5) is 0 Å². The molecule has 0 radical (unpaired) electrons. The Morgan fingerprint density at radius 2 is 0.882 bits per heavy atom. The van der Waals surface area contributed by atoms with Gasteiger partial charge in [-0.2, -0.15) is 0 Å². The molecule has 0 fully saturated rings. The van der Waals surface area contributed by atoms with Gasteiger partial charge in [0.25, 0.3) is 0 Å². The Bertz CT molecular complexity index is 2740. The Hall–Kier alpha value is -6.84. The molecule has 1 aliphatic heterocycles. The third kappa shape index (κ3) is 4.82. The predicted octanol–water partition coefficient (Wildman–Crippen LogP) is 13.3. The van der Waals surface area contributed by atoms with Gasteiger partial charge >= 0.3 is 0 Å². The zero-order valence-electron chi connectivity index (χ0n) is 27.7. The van der Waals surface area contributed by atoms with Crippen molar-refractivity contribution in [3.05, 3.63) is 188 Å². The van der Waals surface area contributed by atoms with Crippen molar-refractivity contribution in [1.29, 1.82) is 0 Å². The van der Waals surface area contributed by atoms with Crippen LogP contribution in [0.1, 0.15) is 0 Å². The highest BCUT2D eigenvalue weighted by molar-refractivity contribution is 6.17. The van der Waals surface area contributed by atoms with Gasteiger partial charge in [0.15, 0.2) is 0 Å². The van der Waals surface area contributed by atoms with Crippen LogP contribution < -0.4 is 9.47 Å². The third-order valence-electron chi connectivity index (χ3n) is 9.89. The first-order valence-electron chi connectivity index (χ1n) is 17.3. The lowest BCUT2D eigenvalue weighted by Gasteiger charge is -2.23. The van der Waals surface area contributed by atoms with E-state index in [1.165, 1.54) is 10.8 Å². The van der Waals surface area contributed by atoms with Crippen LogP contribution in [-0.4, -0.2) is 4.57 Å². The van der Waals surface area contributed by atoms with Crippen LogP contribution in [0, 0.1) is 0 Å². The molecular weight excluding hydrogens is 623 g/mol. The van der Waals surface area contributed by atoms with Crippen molar-refractivity contribution in [2.45, 2.75) is 0 Å². The molecule has 51 heavy (non-hydrogen) atoms. The van der Waals surface area contributed by atoms with E-state index < -0.39 is 0 Å². The Kier molecular flexibility index (Phi) is 6.81. The van der Waals surface area contributed by atoms with Crippen molar-refractivity contribution in [3.8, 4) is 73.2 Å². The molecule has 0 amide bonds. The maximum absolute atomic E-state index is 7.05. The van der Waals surface area contributed by atoms with E-state index in [2.05, 4.69) is 156 Å². The molecular formula is C48H31NO2. The number of aromatic nitrogens is 1. The molecule has 1 aliphatic rings. The SMILES string of the molecule is c1ccc(-c2ccc3c(c2)-c2c(cccc2-c2cccc4c2c2ccccc2n4-c2ccccc2)Oc2ccccc2-c2ccccc2O3)cc1. The van der Waals surface area contributed by atoms with Crippen LogP contribution in [0.15, 0.2) is 188 Å². The minimum atomic E-state index is 0.762. The molecule has 10 rings (SSSR count). The number of para-hydroxylation sites is 4. The van der Waals surface area contributed by atoms with Crippen LogP contribution in [0.2, 0.25) is 0 Å². The zero-order chi connectivity index (χ0) is 33.7. The second kappa shape index (κ2) is 11.9. The van der Waals surface area contributed by atoms with Crippen molar-refractivity contribution in [2.75, 3.05) is 0 Å². The molecule has 240 valence electrons. The number of nitrogens with zero attached hydrogens (tertiary/aromatic N) is 1. The van der Waals surface area contributed by atoms with E-state index in [0.29, 0.717) is 0 Å². The second-order valence-electron chi connectivity index (χ2n) is 12.8. The van der Waals surface area contributed by atoms with Crippen molar-refractivity contribution >= 4 is 21.8 Å². The van der Waals surface area contributed by atoms with E-state index >= 15 is 0 Å². The molecule has 0 saturated heterocycles. The van der Waals surface area contributed by atoms with Crippen molar-refractivity contribution in [3.63, 3.8) is 0 Å². The summed E-state index contributed by atoms with van der Waals surface area (Å²) in [4.78, 5) is 0. The van der Waals surface area contributed by atoms with Gasteiger partial charge in [0.1, 0.15) is 23.0 Å². The molecule has 3 heteroatoms. The number of hydrogen-bond acceptors (Lipinski definition) is 2. The minimum absolute atomic E-state index is 0.762. The first-order valence-corrected chi connectivity index (χ1v) is 17.3. The third-order valence-corrected chi connectivity index (χ3v) is 9.89. The first kappa shape index (κ1) is 29.1. The van der Waals surface area contributed by atoms with Gasteiger partial charge in [-0.15, -0.1) is 0 Å². The molecule has 0 unspecified atom stereocenters. The van der Waals surface area contributed by atoms with Gasteiger partial charge in [-0.25, -0.2) is 0 Å². The van der Waals surface area contributed by atoms with Gasteiger partial charge in [-0.05, 0) is 76.9 Å². The van der Waals surface area contributed by atoms with Gasteiger partial charge in [-0.3, -0.25) is 0 Å². The maximum Gasteiger partial charge on any atom is 0.136 e. The molecule has 0 spiro atoms. The van der Waals surface area contributed by atoms with Crippen LogP contribution in [0.25, 0.3) is 72.0 Å². The Morgan fingerprint density at radius 3 is 1.67 bits per heavy atom. The monoisotopic (exact) mass is 653 g/mol. The van der Waals surface area contributed by atoms with Gasteiger partial charge in [0.2, 0.25) is 0 Å². The standard InChI is InChI=1S/C48H31NO2/c1-3-15-32(16-4-1)33-29-30-45-40(31-33)48-38(23-14-28-46(48)51-44-27-12-9-20-36(44)35-19-8-11-26-43(35)50-45)37-22-13-25-42-47(37)39-21-7-10-24-41(39)49(42)34-17-5-2-6-18-34/h1-31H. The van der Waals surface area contributed by atoms with Crippen molar-refractivity contribution in [1.82, 2.24) is 4.57 Å². The smallest absolute Gasteiger partial charge is 0.136 e. The Labute approximate surface area is 296 Å². The molecule has 0 bridgehead atoms. The van der Waals surface area contributed by atoms with E-state index in [0.717, 1.165) is 84.2 Å². The first-order chi connectivity index (χ1) is 25.3. The summed E-state index contributed by atoms with van der Waals surface area (Å²) in [6, 6.07) is 65.7. The largest absolute Gasteiger partial charge is 0.456 e. The number of fused-ring (bicyclic) bond motifs is 9. The van der Waals surface area contributed by atoms with Crippen molar-refractivity contribution in [2.24, 2.45) is 0 Å². The van der Waals surface area contributed by atoms with Gasteiger partial charge < -0.3 is 14.0 Å².